The van der Waals surface area contributed by atoms with Crippen molar-refractivity contribution in [3.05, 3.63) is 24.0 Å². The Morgan fingerprint density at radius 2 is 2.19 bits per heavy atom. The molecule has 0 aromatic heterocycles. The van der Waals surface area contributed by atoms with Crippen LogP contribution in [0.1, 0.15) is 26.7 Å². The average molecular weight is 243 g/mol. The minimum absolute atomic E-state index is 0.258. The van der Waals surface area contributed by atoms with E-state index in [-0.39, 0.29) is 4.90 Å². The largest absolute Gasteiger partial charge is 0.383 e. The zero-order chi connectivity index (χ0) is 12.1. The summed E-state index contributed by atoms with van der Waals surface area (Å²) >= 11 is 0. The van der Waals surface area contributed by atoms with Gasteiger partial charge >= 0.3 is 0 Å². The summed E-state index contributed by atoms with van der Waals surface area (Å²) in [6, 6.07) is 5.07. The Bertz CT molecular complexity index is 381. The van der Waals surface area contributed by atoms with Crippen molar-refractivity contribution in [2.75, 3.05) is 11.6 Å². The van der Waals surface area contributed by atoms with Crippen molar-refractivity contribution in [1.82, 2.24) is 0 Å². The Kier molecular flexibility index (Phi) is 4.93. The van der Waals surface area contributed by atoms with Crippen molar-refractivity contribution in [3.63, 3.8) is 0 Å². The molecule has 0 aliphatic carbocycles. The van der Waals surface area contributed by atoms with E-state index >= 15 is 0 Å². The van der Waals surface area contributed by atoms with E-state index in [0.29, 0.717) is 6.04 Å². The molecule has 0 radical (unpaired) electrons. The van der Waals surface area contributed by atoms with Gasteiger partial charge in [-0.05, 0) is 31.5 Å². The molecule has 0 spiro atoms. The summed E-state index contributed by atoms with van der Waals surface area (Å²) in [5.74, 6) is -0.408. The van der Waals surface area contributed by atoms with Crippen LogP contribution in [-0.2, 0) is 10.8 Å². The predicted octanol–water partition coefficient (Wildman–Crippen LogP) is 3.16. The first-order valence-corrected chi connectivity index (χ1v) is 7.00. The highest BCUT2D eigenvalue weighted by molar-refractivity contribution is 7.84. The van der Waals surface area contributed by atoms with Crippen LogP contribution in [0.4, 0.5) is 10.1 Å². The molecule has 0 aliphatic rings. The lowest BCUT2D eigenvalue weighted by atomic mass is 10.2. The first-order valence-electron chi connectivity index (χ1n) is 5.44. The third kappa shape index (κ3) is 3.59. The SMILES string of the molecule is CCCC(C)Nc1ccc(S(C)=O)c(F)c1. The van der Waals surface area contributed by atoms with E-state index in [1.807, 2.05) is 0 Å². The number of rotatable bonds is 5. The van der Waals surface area contributed by atoms with Crippen molar-refractivity contribution in [2.45, 2.75) is 37.6 Å². The van der Waals surface area contributed by atoms with Crippen molar-refractivity contribution in [1.29, 1.82) is 0 Å². The Balaban J connectivity index is 2.77. The molecule has 0 amide bonds. The number of benzene rings is 1. The topological polar surface area (TPSA) is 29.1 Å². The zero-order valence-electron chi connectivity index (χ0n) is 9.92. The molecule has 0 aliphatic heterocycles. The van der Waals surface area contributed by atoms with Crippen LogP contribution < -0.4 is 5.32 Å². The number of anilines is 1. The van der Waals surface area contributed by atoms with Gasteiger partial charge in [0.1, 0.15) is 5.82 Å². The van der Waals surface area contributed by atoms with Gasteiger partial charge in [0.25, 0.3) is 0 Å². The number of halogens is 1. The molecule has 2 unspecified atom stereocenters. The van der Waals surface area contributed by atoms with Gasteiger partial charge in [-0.2, -0.15) is 0 Å². The second-order valence-electron chi connectivity index (χ2n) is 3.93. The molecule has 4 heteroatoms. The molecule has 0 saturated heterocycles. The molecule has 1 N–H and O–H groups in total. The fourth-order valence-electron chi connectivity index (χ4n) is 1.61. The second-order valence-corrected chi connectivity index (χ2v) is 5.28. The van der Waals surface area contributed by atoms with E-state index in [4.69, 9.17) is 0 Å². The van der Waals surface area contributed by atoms with Crippen molar-refractivity contribution >= 4 is 16.5 Å². The van der Waals surface area contributed by atoms with Gasteiger partial charge in [0.2, 0.25) is 0 Å². The van der Waals surface area contributed by atoms with Crippen LogP contribution in [0.5, 0.6) is 0 Å². The first kappa shape index (κ1) is 13.2. The van der Waals surface area contributed by atoms with Gasteiger partial charge < -0.3 is 5.32 Å². The maximum atomic E-state index is 13.5. The van der Waals surface area contributed by atoms with Crippen LogP contribution in [0.25, 0.3) is 0 Å². The van der Waals surface area contributed by atoms with Crippen molar-refractivity contribution in [2.24, 2.45) is 0 Å². The summed E-state index contributed by atoms with van der Waals surface area (Å²) in [6.07, 6.45) is 3.61. The van der Waals surface area contributed by atoms with Gasteiger partial charge in [-0.15, -0.1) is 0 Å². The Labute approximate surface area is 98.7 Å². The molecular weight excluding hydrogens is 225 g/mol. The summed E-state index contributed by atoms with van der Waals surface area (Å²) in [5, 5.41) is 3.21. The first-order chi connectivity index (χ1) is 7.54. The van der Waals surface area contributed by atoms with E-state index < -0.39 is 16.6 Å². The molecule has 0 saturated carbocycles. The van der Waals surface area contributed by atoms with Gasteiger partial charge in [-0.3, -0.25) is 4.21 Å². The maximum Gasteiger partial charge on any atom is 0.141 e. The normalized spacial score (nSPS) is 14.5. The summed E-state index contributed by atoms with van der Waals surface area (Å²) in [6.45, 7) is 4.18. The van der Waals surface area contributed by atoms with E-state index in [2.05, 4.69) is 19.2 Å². The predicted molar refractivity (Wildman–Crippen MR) is 66.7 cm³/mol. The van der Waals surface area contributed by atoms with Crippen molar-refractivity contribution in [3.8, 4) is 0 Å². The maximum absolute atomic E-state index is 13.5. The summed E-state index contributed by atoms with van der Waals surface area (Å²) in [4.78, 5) is 0.258. The molecule has 0 fully saturated rings. The Morgan fingerprint density at radius 3 is 2.69 bits per heavy atom. The van der Waals surface area contributed by atoms with Gasteiger partial charge in [-0.25, -0.2) is 4.39 Å². The number of nitrogens with one attached hydrogen (secondary N) is 1. The lowest BCUT2D eigenvalue weighted by molar-refractivity contribution is 0.595. The van der Waals surface area contributed by atoms with E-state index in [0.717, 1.165) is 18.5 Å². The molecule has 2 nitrogen and oxygen atoms in total. The lowest BCUT2D eigenvalue weighted by Gasteiger charge is -2.14. The van der Waals surface area contributed by atoms with Crippen LogP contribution >= 0.6 is 0 Å². The highest BCUT2D eigenvalue weighted by Crippen LogP contribution is 2.18. The number of hydrogen-bond donors (Lipinski definition) is 1. The highest BCUT2D eigenvalue weighted by atomic mass is 32.2. The quantitative estimate of drug-likeness (QED) is 0.860. The van der Waals surface area contributed by atoms with Gasteiger partial charge in [0.15, 0.2) is 0 Å². The van der Waals surface area contributed by atoms with Gasteiger partial charge in [0.05, 0.1) is 15.7 Å². The molecule has 1 aromatic rings. The van der Waals surface area contributed by atoms with E-state index in [1.165, 1.54) is 12.3 Å². The van der Waals surface area contributed by atoms with E-state index in [9.17, 15) is 8.60 Å². The lowest BCUT2D eigenvalue weighted by Crippen LogP contribution is -2.14. The second kappa shape index (κ2) is 5.99. The minimum atomic E-state index is -1.27. The molecule has 16 heavy (non-hydrogen) atoms. The Hall–Kier alpha value is -0.900. The standard InChI is InChI=1S/C12H18FNOS/c1-4-5-9(2)14-10-6-7-12(16(3)15)11(13)8-10/h6-9,14H,4-5H2,1-3H3. The summed E-state index contributed by atoms with van der Waals surface area (Å²) in [7, 11) is -1.27. The third-order valence-corrected chi connectivity index (χ3v) is 3.33. The van der Waals surface area contributed by atoms with Crippen molar-refractivity contribution < 1.29 is 8.60 Å². The van der Waals surface area contributed by atoms with E-state index in [1.54, 1.807) is 12.1 Å². The molecule has 1 rings (SSSR count). The number of hydrogen-bond acceptors (Lipinski definition) is 2. The smallest absolute Gasteiger partial charge is 0.141 e. The zero-order valence-corrected chi connectivity index (χ0v) is 10.7. The van der Waals surface area contributed by atoms with Crippen LogP contribution in [0, 0.1) is 5.82 Å². The monoisotopic (exact) mass is 243 g/mol. The molecule has 90 valence electrons. The molecule has 1 aromatic carbocycles. The molecule has 0 bridgehead atoms. The van der Waals surface area contributed by atoms with Gasteiger partial charge in [0, 0.05) is 18.0 Å². The van der Waals surface area contributed by atoms with Crippen LogP contribution in [0.15, 0.2) is 23.1 Å². The fraction of sp³-hybridized carbons (Fsp3) is 0.500. The highest BCUT2D eigenvalue weighted by Gasteiger charge is 2.08. The molecule has 2 atom stereocenters. The Morgan fingerprint density at radius 1 is 1.50 bits per heavy atom. The van der Waals surface area contributed by atoms with Crippen LogP contribution in [0.3, 0.4) is 0 Å². The molecule has 0 heterocycles. The fourth-order valence-corrected chi connectivity index (χ4v) is 2.21. The molecular formula is C12H18FNOS. The van der Waals surface area contributed by atoms with Gasteiger partial charge in [-0.1, -0.05) is 13.3 Å². The summed E-state index contributed by atoms with van der Waals surface area (Å²) in [5.41, 5.74) is 0.743. The van der Waals surface area contributed by atoms with Crippen LogP contribution in [0.2, 0.25) is 0 Å². The average Bonchev–Trinajstić information content (AvgIpc) is 2.17. The minimum Gasteiger partial charge on any atom is -0.383 e. The summed E-state index contributed by atoms with van der Waals surface area (Å²) < 4.78 is 24.7. The van der Waals surface area contributed by atoms with Crippen LogP contribution in [-0.4, -0.2) is 16.5 Å². The third-order valence-electron chi connectivity index (χ3n) is 2.38.